The number of benzene rings is 2. The summed E-state index contributed by atoms with van der Waals surface area (Å²) in [4.78, 5) is 11.5. The van der Waals surface area contributed by atoms with Crippen LogP contribution < -0.4 is 0 Å². The summed E-state index contributed by atoms with van der Waals surface area (Å²) in [5.41, 5.74) is 5.08. The van der Waals surface area contributed by atoms with Crippen LogP contribution in [0, 0.1) is 6.92 Å². The van der Waals surface area contributed by atoms with Gasteiger partial charge in [0.2, 0.25) is 0 Å². The van der Waals surface area contributed by atoms with E-state index in [1.54, 1.807) is 13.0 Å². The monoisotopic (exact) mass is 421 g/mol. The Morgan fingerprint density at radius 1 is 1.06 bits per heavy atom. The summed E-state index contributed by atoms with van der Waals surface area (Å²) in [6, 6.07) is 14.3. The van der Waals surface area contributed by atoms with E-state index in [1.807, 2.05) is 41.9 Å². The SMILES string of the molecule is CCOC(=O)/C=C/c1ccc2c(nnn2CCCCCCOCc2ccccc2)c1C. The summed E-state index contributed by atoms with van der Waals surface area (Å²) in [6.07, 6.45) is 7.62. The van der Waals surface area contributed by atoms with Crippen LogP contribution in [0.25, 0.3) is 17.1 Å². The van der Waals surface area contributed by atoms with Gasteiger partial charge in [0.15, 0.2) is 0 Å². The van der Waals surface area contributed by atoms with Crippen molar-refractivity contribution in [2.75, 3.05) is 13.2 Å². The molecule has 0 aliphatic heterocycles. The topological polar surface area (TPSA) is 66.2 Å². The van der Waals surface area contributed by atoms with Crippen molar-refractivity contribution in [3.63, 3.8) is 0 Å². The second-order valence-corrected chi connectivity index (χ2v) is 7.50. The summed E-state index contributed by atoms with van der Waals surface area (Å²) in [7, 11) is 0. The third-order valence-corrected chi connectivity index (χ3v) is 5.19. The molecule has 0 atom stereocenters. The molecule has 0 aliphatic rings. The highest BCUT2D eigenvalue weighted by atomic mass is 16.5. The fraction of sp³-hybridized carbons (Fsp3) is 0.400. The van der Waals surface area contributed by atoms with Crippen molar-refractivity contribution >= 4 is 23.1 Å². The smallest absolute Gasteiger partial charge is 0.330 e. The second kappa shape index (κ2) is 12.0. The number of hydrogen-bond donors (Lipinski definition) is 0. The minimum Gasteiger partial charge on any atom is -0.463 e. The number of carbonyl (C=O) groups is 1. The van der Waals surface area contributed by atoms with E-state index < -0.39 is 0 Å². The Hall–Kier alpha value is -2.99. The number of fused-ring (bicyclic) bond motifs is 1. The summed E-state index contributed by atoms with van der Waals surface area (Å²) in [6.45, 7) is 6.49. The van der Waals surface area contributed by atoms with Gasteiger partial charge in [0, 0.05) is 19.2 Å². The van der Waals surface area contributed by atoms with Crippen LogP contribution in [0.4, 0.5) is 0 Å². The van der Waals surface area contributed by atoms with Crippen LogP contribution in [0.15, 0.2) is 48.5 Å². The maximum Gasteiger partial charge on any atom is 0.330 e. The number of rotatable bonds is 12. The molecule has 1 heterocycles. The molecule has 0 radical (unpaired) electrons. The third kappa shape index (κ3) is 6.76. The predicted molar refractivity (Wildman–Crippen MR) is 122 cm³/mol. The van der Waals surface area contributed by atoms with Crippen LogP contribution in [-0.2, 0) is 27.4 Å². The average molecular weight is 422 g/mol. The Kier molecular flexibility index (Phi) is 8.79. The number of aryl methyl sites for hydroxylation is 2. The van der Waals surface area contributed by atoms with Gasteiger partial charge in [0.25, 0.3) is 0 Å². The summed E-state index contributed by atoms with van der Waals surface area (Å²) in [5.74, 6) is -0.337. The molecule has 0 bridgehead atoms. The quantitative estimate of drug-likeness (QED) is 0.231. The van der Waals surface area contributed by atoms with E-state index in [9.17, 15) is 4.79 Å². The van der Waals surface area contributed by atoms with Crippen LogP contribution in [0.2, 0.25) is 0 Å². The predicted octanol–water partition coefficient (Wildman–Crippen LogP) is 5.09. The number of aromatic nitrogens is 3. The molecular weight excluding hydrogens is 390 g/mol. The summed E-state index contributed by atoms with van der Waals surface area (Å²) in [5, 5.41) is 8.68. The van der Waals surface area contributed by atoms with E-state index in [0.29, 0.717) is 13.2 Å². The van der Waals surface area contributed by atoms with Gasteiger partial charge < -0.3 is 9.47 Å². The van der Waals surface area contributed by atoms with Gasteiger partial charge in [-0.05, 0) is 55.5 Å². The van der Waals surface area contributed by atoms with E-state index in [1.165, 1.54) is 11.6 Å². The molecule has 3 aromatic rings. The summed E-state index contributed by atoms with van der Waals surface area (Å²) < 4.78 is 12.6. The lowest BCUT2D eigenvalue weighted by atomic mass is 10.1. The van der Waals surface area contributed by atoms with Gasteiger partial charge in [-0.2, -0.15) is 0 Å². The van der Waals surface area contributed by atoms with E-state index >= 15 is 0 Å². The van der Waals surface area contributed by atoms with E-state index in [2.05, 4.69) is 22.4 Å². The average Bonchev–Trinajstić information content (AvgIpc) is 3.20. The molecule has 31 heavy (non-hydrogen) atoms. The molecule has 0 saturated carbocycles. The Labute approximate surface area is 183 Å². The van der Waals surface area contributed by atoms with E-state index in [4.69, 9.17) is 9.47 Å². The Morgan fingerprint density at radius 2 is 1.87 bits per heavy atom. The van der Waals surface area contributed by atoms with Gasteiger partial charge in [0.05, 0.1) is 18.7 Å². The number of esters is 1. The maximum absolute atomic E-state index is 11.5. The molecule has 6 heteroatoms. The minimum atomic E-state index is -0.337. The highest BCUT2D eigenvalue weighted by Crippen LogP contribution is 2.21. The first-order valence-corrected chi connectivity index (χ1v) is 11.0. The van der Waals surface area contributed by atoms with Gasteiger partial charge in [-0.15, -0.1) is 5.10 Å². The van der Waals surface area contributed by atoms with Crippen LogP contribution >= 0.6 is 0 Å². The normalized spacial score (nSPS) is 11.4. The van der Waals surface area contributed by atoms with Crippen LogP contribution in [0.5, 0.6) is 0 Å². The molecule has 1 aromatic heterocycles. The van der Waals surface area contributed by atoms with Crippen LogP contribution in [0.3, 0.4) is 0 Å². The van der Waals surface area contributed by atoms with Crippen molar-refractivity contribution in [3.8, 4) is 0 Å². The number of nitrogens with zero attached hydrogens (tertiary/aromatic N) is 3. The number of carbonyl (C=O) groups excluding carboxylic acids is 1. The van der Waals surface area contributed by atoms with E-state index in [-0.39, 0.29) is 5.97 Å². The Morgan fingerprint density at radius 3 is 2.68 bits per heavy atom. The zero-order chi connectivity index (χ0) is 21.9. The van der Waals surface area contributed by atoms with Crippen molar-refractivity contribution in [2.24, 2.45) is 0 Å². The highest BCUT2D eigenvalue weighted by molar-refractivity contribution is 5.89. The van der Waals surface area contributed by atoms with Gasteiger partial charge in [-0.25, -0.2) is 9.48 Å². The minimum absolute atomic E-state index is 0.337. The number of unbranched alkanes of at least 4 members (excludes halogenated alkanes) is 3. The van der Waals surface area contributed by atoms with Crippen LogP contribution in [0.1, 0.15) is 49.3 Å². The van der Waals surface area contributed by atoms with Crippen molar-refractivity contribution < 1.29 is 14.3 Å². The molecule has 0 unspecified atom stereocenters. The standard InChI is InChI=1S/C25H31N3O3/c1-3-31-24(29)16-14-22-13-15-23-25(20(22)2)26-27-28(23)17-9-4-5-10-18-30-19-21-11-7-6-8-12-21/h6-8,11-16H,3-5,9-10,17-19H2,1-2H3/b16-14+. The number of hydrogen-bond acceptors (Lipinski definition) is 5. The molecule has 0 fully saturated rings. The lowest BCUT2D eigenvalue weighted by Crippen LogP contribution is -2.01. The first-order chi connectivity index (χ1) is 15.2. The third-order valence-electron chi connectivity index (χ3n) is 5.19. The van der Waals surface area contributed by atoms with Crippen molar-refractivity contribution in [1.29, 1.82) is 0 Å². The fourth-order valence-electron chi connectivity index (χ4n) is 3.46. The first kappa shape index (κ1) is 22.7. The Balaban J connectivity index is 1.41. The maximum atomic E-state index is 11.5. The zero-order valence-corrected chi connectivity index (χ0v) is 18.4. The second-order valence-electron chi connectivity index (χ2n) is 7.50. The Bertz CT molecular complexity index is 996. The van der Waals surface area contributed by atoms with Crippen molar-refractivity contribution in [2.45, 2.75) is 52.7 Å². The van der Waals surface area contributed by atoms with Crippen molar-refractivity contribution in [1.82, 2.24) is 15.0 Å². The molecule has 0 N–H and O–H groups in total. The lowest BCUT2D eigenvalue weighted by Gasteiger charge is -2.06. The molecule has 0 saturated heterocycles. The van der Waals surface area contributed by atoms with Gasteiger partial charge in [-0.1, -0.05) is 54.5 Å². The van der Waals surface area contributed by atoms with Crippen LogP contribution in [-0.4, -0.2) is 34.2 Å². The molecule has 164 valence electrons. The summed E-state index contributed by atoms with van der Waals surface area (Å²) >= 11 is 0. The van der Waals surface area contributed by atoms with E-state index in [0.717, 1.165) is 61.0 Å². The molecule has 2 aromatic carbocycles. The van der Waals surface area contributed by atoms with Gasteiger partial charge in [0.1, 0.15) is 5.52 Å². The molecule has 0 amide bonds. The molecule has 0 aliphatic carbocycles. The lowest BCUT2D eigenvalue weighted by molar-refractivity contribution is -0.137. The number of ether oxygens (including phenoxy) is 2. The van der Waals surface area contributed by atoms with Gasteiger partial charge >= 0.3 is 5.97 Å². The molecule has 6 nitrogen and oxygen atoms in total. The van der Waals surface area contributed by atoms with Gasteiger partial charge in [-0.3, -0.25) is 0 Å². The molecule has 0 spiro atoms. The molecular formula is C25H31N3O3. The zero-order valence-electron chi connectivity index (χ0n) is 18.4. The molecule has 3 rings (SSSR count). The highest BCUT2D eigenvalue weighted by Gasteiger charge is 2.09. The van der Waals surface area contributed by atoms with Crippen molar-refractivity contribution in [3.05, 3.63) is 65.2 Å². The fourth-order valence-corrected chi connectivity index (χ4v) is 3.46. The first-order valence-electron chi connectivity index (χ1n) is 11.0. The largest absolute Gasteiger partial charge is 0.463 e.